The number of carbonyl (C=O) groups excluding carboxylic acids is 2. The average Bonchev–Trinajstić information content (AvgIpc) is 3.04. The predicted molar refractivity (Wildman–Crippen MR) is 123 cm³/mol. The summed E-state index contributed by atoms with van der Waals surface area (Å²) >= 11 is 1.28. The van der Waals surface area contributed by atoms with E-state index in [4.69, 9.17) is 4.74 Å². The Hall–Kier alpha value is -3.38. The predicted octanol–water partition coefficient (Wildman–Crippen LogP) is 5.69. The molecule has 3 aromatic rings. The van der Waals surface area contributed by atoms with E-state index in [0.29, 0.717) is 34.0 Å². The first-order chi connectivity index (χ1) is 15.6. The Labute approximate surface area is 190 Å². The van der Waals surface area contributed by atoms with Gasteiger partial charge in [-0.3, -0.25) is 14.5 Å². The third kappa shape index (κ3) is 4.75. The summed E-state index contributed by atoms with van der Waals surface area (Å²) in [6.07, 6.45) is 0.899. The van der Waals surface area contributed by atoms with Crippen molar-refractivity contribution < 1.29 is 18.7 Å². The fraction of sp³-hybridized carbons (Fsp3) is 0.154. The molecular formula is C26H22FNO3S. The van der Waals surface area contributed by atoms with Crippen LogP contribution in [0.3, 0.4) is 0 Å². The van der Waals surface area contributed by atoms with Crippen molar-refractivity contribution in [3.8, 4) is 5.75 Å². The molecule has 1 aliphatic heterocycles. The van der Waals surface area contributed by atoms with Crippen LogP contribution >= 0.6 is 11.8 Å². The molecule has 0 fully saturated rings. The van der Waals surface area contributed by atoms with Gasteiger partial charge in [0.25, 0.3) is 11.8 Å². The maximum atomic E-state index is 13.4. The van der Waals surface area contributed by atoms with E-state index in [-0.39, 0.29) is 24.2 Å². The zero-order valence-corrected chi connectivity index (χ0v) is 18.4. The lowest BCUT2D eigenvalue weighted by Crippen LogP contribution is -2.30. The van der Waals surface area contributed by atoms with Crippen LogP contribution in [0.25, 0.3) is 5.57 Å². The number of amides is 2. The number of nitrogens with zero attached hydrogens (tertiary/aromatic N) is 1. The molecule has 0 radical (unpaired) electrons. The van der Waals surface area contributed by atoms with Gasteiger partial charge in [-0.2, -0.15) is 0 Å². The lowest BCUT2D eigenvalue weighted by Gasteiger charge is -2.15. The van der Waals surface area contributed by atoms with Gasteiger partial charge >= 0.3 is 0 Å². The normalized spacial score (nSPS) is 13.8. The smallest absolute Gasteiger partial charge is 0.268 e. The highest BCUT2D eigenvalue weighted by atomic mass is 32.2. The molecule has 0 spiro atoms. The first-order valence-corrected chi connectivity index (χ1v) is 11.2. The van der Waals surface area contributed by atoms with E-state index in [0.717, 1.165) is 11.3 Å². The standard InChI is InChI=1S/C26H22FNO3S/c1-2-16-31-21-14-10-19(11-15-21)23-24(32-22-6-4-3-5-7-22)26(30)28(25(23)29)17-18-8-12-20(27)13-9-18/h3-15H,2,16-17H2,1H3. The Morgan fingerprint density at radius 1 is 0.875 bits per heavy atom. The lowest BCUT2D eigenvalue weighted by atomic mass is 10.1. The van der Waals surface area contributed by atoms with E-state index >= 15 is 0 Å². The Morgan fingerprint density at radius 2 is 1.56 bits per heavy atom. The first kappa shape index (κ1) is 21.8. The second kappa shape index (κ2) is 9.83. The molecule has 0 aromatic heterocycles. The van der Waals surface area contributed by atoms with Gasteiger partial charge in [-0.25, -0.2) is 4.39 Å². The molecule has 0 atom stereocenters. The quantitative estimate of drug-likeness (QED) is 0.417. The number of carbonyl (C=O) groups is 2. The zero-order valence-electron chi connectivity index (χ0n) is 17.6. The van der Waals surface area contributed by atoms with Crippen molar-refractivity contribution in [2.24, 2.45) is 0 Å². The molecule has 0 unspecified atom stereocenters. The second-order valence-electron chi connectivity index (χ2n) is 7.31. The first-order valence-electron chi connectivity index (χ1n) is 10.4. The topological polar surface area (TPSA) is 46.6 Å². The van der Waals surface area contributed by atoms with Crippen LogP contribution in [0.5, 0.6) is 5.75 Å². The zero-order chi connectivity index (χ0) is 22.5. The van der Waals surface area contributed by atoms with Crippen LogP contribution < -0.4 is 4.74 Å². The van der Waals surface area contributed by atoms with Gasteiger partial charge in [0.2, 0.25) is 0 Å². The molecule has 3 aromatic carbocycles. The van der Waals surface area contributed by atoms with Crippen LogP contribution in [0, 0.1) is 5.82 Å². The van der Waals surface area contributed by atoms with Gasteiger partial charge in [0, 0.05) is 4.90 Å². The molecule has 1 aliphatic rings. The van der Waals surface area contributed by atoms with E-state index < -0.39 is 0 Å². The van der Waals surface area contributed by atoms with Crippen LogP contribution in [0.1, 0.15) is 24.5 Å². The summed E-state index contributed by atoms with van der Waals surface area (Å²) in [6, 6.07) is 22.5. The fourth-order valence-corrected chi connectivity index (χ4v) is 4.40. The number of halogens is 1. The molecule has 162 valence electrons. The molecular weight excluding hydrogens is 425 g/mol. The average molecular weight is 448 g/mol. The van der Waals surface area contributed by atoms with Crippen LogP contribution in [-0.2, 0) is 16.1 Å². The van der Waals surface area contributed by atoms with Crippen molar-refractivity contribution in [2.75, 3.05) is 6.61 Å². The number of hydrogen-bond acceptors (Lipinski definition) is 4. The molecule has 1 heterocycles. The van der Waals surface area contributed by atoms with Crippen molar-refractivity contribution in [3.05, 3.63) is 101 Å². The number of rotatable bonds is 8. The number of imide groups is 1. The van der Waals surface area contributed by atoms with Crippen molar-refractivity contribution in [1.82, 2.24) is 4.90 Å². The molecule has 0 saturated carbocycles. The molecule has 0 saturated heterocycles. The summed E-state index contributed by atoms with van der Waals surface area (Å²) < 4.78 is 18.9. The van der Waals surface area contributed by atoms with Gasteiger partial charge in [-0.05, 0) is 53.9 Å². The summed E-state index contributed by atoms with van der Waals surface area (Å²) in [5.74, 6) is -0.361. The van der Waals surface area contributed by atoms with Crippen LogP contribution in [0.15, 0.2) is 88.7 Å². The Balaban J connectivity index is 1.68. The van der Waals surface area contributed by atoms with Crippen molar-refractivity contribution in [1.29, 1.82) is 0 Å². The van der Waals surface area contributed by atoms with E-state index in [1.807, 2.05) is 49.4 Å². The molecule has 2 amide bonds. The Kier molecular flexibility index (Phi) is 6.71. The maximum Gasteiger partial charge on any atom is 0.268 e. The summed E-state index contributed by atoms with van der Waals surface area (Å²) in [5, 5.41) is 0. The summed E-state index contributed by atoms with van der Waals surface area (Å²) in [4.78, 5) is 29.2. The summed E-state index contributed by atoms with van der Waals surface area (Å²) in [7, 11) is 0. The minimum atomic E-state index is -0.364. The van der Waals surface area contributed by atoms with Crippen molar-refractivity contribution in [2.45, 2.75) is 24.8 Å². The molecule has 0 N–H and O–H groups in total. The summed E-state index contributed by atoms with van der Waals surface area (Å²) in [6.45, 7) is 2.72. The van der Waals surface area contributed by atoms with Gasteiger partial charge in [0.05, 0.1) is 23.6 Å². The van der Waals surface area contributed by atoms with E-state index in [9.17, 15) is 14.0 Å². The highest BCUT2D eigenvalue weighted by Crippen LogP contribution is 2.40. The number of thioether (sulfide) groups is 1. The van der Waals surface area contributed by atoms with E-state index in [2.05, 4.69) is 0 Å². The third-order valence-electron chi connectivity index (χ3n) is 4.96. The Bertz CT molecular complexity index is 1140. The molecule has 4 rings (SSSR count). The van der Waals surface area contributed by atoms with Crippen LogP contribution in [-0.4, -0.2) is 23.3 Å². The molecule has 4 nitrogen and oxygen atoms in total. The lowest BCUT2D eigenvalue weighted by molar-refractivity contribution is -0.137. The van der Waals surface area contributed by atoms with Gasteiger partial charge in [-0.1, -0.05) is 61.2 Å². The highest BCUT2D eigenvalue weighted by molar-refractivity contribution is 8.04. The van der Waals surface area contributed by atoms with Gasteiger partial charge < -0.3 is 4.74 Å². The highest BCUT2D eigenvalue weighted by Gasteiger charge is 2.39. The monoisotopic (exact) mass is 447 g/mol. The van der Waals surface area contributed by atoms with Crippen molar-refractivity contribution in [3.63, 3.8) is 0 Å². The molecule has 32 heavy (non-hydrogen) atoms. The maximum absolute atomic E-state index is 13.4. The number of hydrogen-bond donors (Lipinski definition) is 0. The van der Waals surface area contributed by atoms with Crippen LogP contribution in [0.2, 0.25) is 0 Å². The van der Waals surface area contributed by atoms with Crippen molar-refractivity contribution >= 4 is 29.1 Å². The second-order valence-corrected chi connectivity index (χ2v) is 8.40. The minimum absolute atomic E-state index is 0.0813. The van der Waals surface area contributed by atoms with Gasteiger partial charge in [0.1, 0.15) is 11.6 Å². The van der Waals surface area contributed by atoms with E-state index in [1.54, 1.807) is 24.3 Å². The van der Waals surface area contributed by atoms with Gasteiger partial charge in [-0.15, -0.1) is 0 Å². The molecule has 0 aliphatic carbocycles. The molecule has 6 heteroatoms. The number of ether oxygens (including phenoxy) is 1. The minimum Gasteiger partial charge on any atom is -0.494 e. The Morgan fingerprint density at radius 3 is 2.22 bits per heavy atom. The molecule has 0 bridgehead atoms. The SMILES string of the molecule is CCCOc1ccc(C2=C(Sc3ccccc3)C(=O)N(Cc3ccc(F)cc3)C2=O)cc1. The third-order valence-corrected chi connectivity index (χ3v) is 6.05. The fourth-order valence-electron chi connectivity index (χ4n) is 3.36. The largest absolute Gasteiger partial charge is 0.494 e. The van der Waals surface area contributed by atoms with E-state index in [1.165, 1.54) is 28.8 Å². The number of benzene rings is 3. The van der Waals surface area contributed by atoms with Gasteiger partial charge in [0.15, 0.2) is 0 Å². The summed E-state index contributed by atoms with van der Waals surface area (Å²) in [5.41, 5.74) is 1.71. The van der Waals surface area contributed by atoms with Crippen LogP contribution in [0.4, 0.5) is 4.39 Å².